The third-order valence-electron chi connectivity index (χ3n) is 4.11. The van der Waals surface area contributed by atoms with E-state index in [0.717, 1.165) is 0 Å². The molecule has 1 amide bonds. The van der Waals surface area contributed by atoms with E-state index >= 15 is 0 Å². The van der Waals surface area contributed by atoms with Crippen molar-refractivity contribution in [3.63, 3.8) is 0 Å². The molecule has 1 aliphatic heterocycles. The van der Waals surface area contributed by atoms with E-state index in [2.05, 4.69) is 0 Å². The molecular weight excluding hydrogens is 342 g/mol. The van der Waals surface area contributed by atoms with Gasteiger partial charge in [-0.05, 0) is 18.1 Å². The predicted molar refractivity (Wildman–Crippen MR) is 92.1 cm³/mol. The number of non-ortho nitro benzene ring substituents is 2. The zero-order valence-electron chi connectivity index (χ0n) is 13.8. The number of nitro benzene ring substituents is 2. The van der Waals surface area contributed by atoms with E-state index < -0.39 is 16.0 Å². The summed E-state index contributed by atoms with van der Waals surface area (Å²) in [6, 6.07) is 9.91. The molecule has 0 saturated carbocycles. The number of hydrogen-bond acceptors (Lipinski definition) is 6. The Morgan fingerprint density at radius 2 is 1.65 bits per heavy atom. The molecule has 0 N–H and O–H groups in total. The second kappa shape index (κ2) is 6.79. The highest BCUT2D eigenvalue weighted by Gasteiger charge is 2.34. The highest BCUT2D eigenvalue weighted by Crippen LogP contribution is 2.38. The lowest BCUT2D eigenvalue weighted by Crippen LogP contribution is -2.45. The molecule has 0 bridgehead atoms. The molecule has 0 fully saturated rings. The van der Waals surface area contributed by atoms with E-state index in [0.29, 0.717) is 23.4 Å². The van der Waals surface area contributed by atoms with E-state index in [-0.39, 0.29) is 23.8 Å². The summed E-state index contributed by atoms with van der Waals surface area (Å²) in [6.07, 6.45) is -0.228. The molecule has 1 unspecified atom stereocenters. The van der Waals surface area contributed by atoms with Crippen LogP contribution in [0.1, 0.15) is 18.9 Å². The van der Waals surface area contributed by atoms with Gasteiger partial charge in [-0.15, -0.1) is 0 Å². The average molecular weight is 357 g/mol. The summed E-state index contributed by atoms with van der Waals surface area (Å²) >= 11 is 0. The van der Waals surface area contributed by atoms with Crippen molar-refractivity contribution in [2.24, 2.45) is 0 Å². The zero-order chi connectivity index (χ0) is 18.8. The molecule has 0 spiro atoms. The Morgan fingerprint density at radius 3 is 2.23 bits per heavy atom. The maximum Gasteiger partial charge on any atom is 0.271 e. The lowest BCUT2D eigenvalue weighted by molar-refractivity contribution is -0.385. The van der Waals surface area contributed by atoms with Crippen LogP contribution in [-0.2, 0) is 11.3 Å². The van der Waals surface area contributed by atoms with Gasteiger partial charge in [0.2, 0.25) is 0 Å². The van der Waals surface area contributed by atoms with E-state index in [4.69, 9.17) is 4.74 Å². The second-order valence-corrected chi connectivity index (χ2v) is 5.77. The highest BCUT2D eigenvalue weighted by molar-refractivity contribution is 6.00. The number of nitro groups is 2. The molecule has 3 rings (SSSR count). The number of benzene rings is 2. The van der Waals surface area contributed by atoms with Crippen molar-refractivity contribution in [3.05, 3.63) is 68.3 Å². The summed E-state index contributed by atoms with van der Waals surface area (Å²) in [7, 11) is 0. The first-order valence-corrected chi connectivity index (χ1v) is 7.90. The fourth-order valence-corrected chi connectivity index (χ4v) is 2.75. The Morgan fingerprint density at radius 1 is 1.04 bits per heavy atom. The normalized spacial score (nSPS) is 16.0. The molecule has 0 saturated heterocycles. The van der Waals surface area contributed by atoms with Crippen LogP contribution < -0.4 is 9.64 Å². The minimum atomic E-state index is -0.679. The zero-order valence-corrected chi connectivity index (χ0v) is 13.8. The van der Waals surface area contributed by atoms with Gasteiger partial charge in [0.15, 0.2) is 6.10 Å². The van der Waals surface area contributed by atoms with E-state index in [1.165, 1.54) is 35.2 Å². The van der Waals surface area contributed by atoms with Gasteiger partial charge in [0.05, 0.1) is 22.1 Å². The maximum atomic E-state index is 12.7. The molecule has 2 aromatic carbocycles. The number of nitrogens with zero attached hydrogens (tertiary/aromatic N) is 3. The highest BCUT2D eigenvalue weighted by atomic mass is 16.6. The van der Waals surface area contributed by atoms with Crippen LogP contribution in [-0.4, -0.2) is 21.9 Å². The number of rotatable bonds is 5. The summed E-state index contributed by atoms with van der Waals surface area (Å²) < 4.78 is 5.64. The van der Waals surface area contributed by atoms with E-state index in [1.807, 2.05) is 6.92 Å². The van der Waals surface area contributed by atoms with Crippen molar-refractivity contribution in [2.45, 2.75) is 26.0 Å². The lowest BCUT2D eigenvalue weighted by atomic mass is 10.1. The van der Waals surface area contributed by atoms with Crippen molar-refractivity contribution in [2.75, 3.05) is 4.90 Å². The molecule has 26 heavy (non-hydrogen) atoms. The Kier molecular flexibility index (Phi) is 4.53. The number of carbonyl (C=O) groups is 1. The van der Waals surface area contributed by atoms with Gasteiger partial charge in [0, 0.05) is 24.3 Å². The molecule has 0 radical (unpaired) electrons. The molecule has 1 atom stereocenters. The van der Waals surface area contributed by atoms with Crippen molar-refractivity contribution in [3.8, 4) is 5.75 Å². The van der Waals surface area contributed by atoms with Crippen LogP contribution >= 0.6 is 0 Å². The summed E-state index contributed by atoms with van der Waals surface area (Å²) in [6.45, 7) is 1.94. The van der Waals surface area contributed by atoms with Crippen LogP contribution in [0.15, 0.2) is 42.5 Å². The SMILES string of the molecule is CCC1Oc2ccc([N+](=O)[O-])cc2N(Cc2ccc([N+](=O)[O-])cc2)C1=O. The Balaban J connectivity index is 1.98. The van der Waals surface area contributed by atoms with Crippen LogP contribution in [0.5, 0.6) is 5.75 Å². The first-order valence-electron chi connectivity index (χ1n) is 7.90. The average Bonchev–Trinajstić information content (AvgIpc) is 2.63. The minimum Gasteiger partial charge on any atom is -0.478 e. The molecule has 0 aliphatic carbocycles. The Bertz CT molecular complexity index is 881. The van der Waals surface area contributed by atoms with Gasteiger partial charge in [0.1, 0.15) is 5.75 Å². The van der Waals surface area contributed by atoms with Gasteiger partial charge in [-0.2, -0.15) is 0 Å². The van der Waals surface area contributed by atoms with E-state index in [1.54, 1.807) is 12.1 Å². The topological polar surface area (TPSA) is 116 Å². The van der Waals surface area contributed by atoms with Gasteiger partial charge in [0.25, 0.3) is 17.3 Å². The first-order chi connectivity index (χ1) is 12.4. The summed E-state index contributed by atoms with van der Waals surface area (Å²) in [5.41, 5.74) is 0.777. The van der Waals surface area contributed by atoms with Crippen LogP contribution in [0.3, 0.4) is 0 Å². The van der Waals surface area contributed by atoms with Gasteiger partial charge in [-0.1, -0.05) is 19.1 Å². The van der Waals surface area contributed by atoms with Crippen molar-refractivity contribution in [1.82, 2.24) is 0 Å². The molecule has 0 aromatic heterocycles. The van der Waals surface area contributed by atoms with Gasteiger partial charge < -0.3 is 9.64 Å². The summed E-state index contributed by atoms with van der Waals surface area (Å²) in [4.78, 5) is 34.9. The third kappa shape index (κ3) is 3.18. The largest absolute Gasteiger partial charge is 0.478 e. The summed E-state index contributed by atoms with van der Waals surface area (Å²) in [5, 5.41) is 21.8. The van der Waals surface area contributed by atoms with Crippen LogP contribution in [0, 0.1) is 20.2 Å². The molecule has 1 aliphatic rings. The van der Waals surface area contributed by atoms with Crippen LogP contribution in [0.2, 0.25) is 0 Å². The van der Waals surface area contributed by atoms with Crippen molar-refractivity contribution >= 4 is 23.0 Å². The molecule has 9 nitrogen and oxygen atoms in total. The minimum absolute atomic E-state index is 0.0514. The molecule has 2 aromatic rings. The standard InChI is InChI=1S/C17H15N3O6/c1-2-15-17(21)18(10-11-3-5-12(6-4-11)19(22)23)14-9-13(20(24)25)7-8-16(14)26-15/h3-9,15H,2,10H2,1H3. The quantitative estimate of drug-likeness (QED) is 0.599. The monoisotopic (exact) mass is 357 g/mol. The van der Waals surface area contributed by atoms with Crippen molar-refractivity contribution in [1.29, 1.82) is 0 Å². The molecular formula is C17H15N3O6. The number of carbonyl (C=O) groups excluding carboxylic acids is 1. The fraction of sp³-hybridized carbons (Fsp3) is 0.235. The molecule has 134 valence electrons. The number of ether oxygens (including phenoxy) is 1. The van der Waals surface area contributed by atoms with Crippen LogP contribution in [0.4, 0.5) is 17.1 Å². The second-order valence-electron chi connectivity index (χ2n) is 5.77. The maximum absolute atomic E-state index is 12.7. The lowest BCUT2D eigenvalue weighted by Gasteiger charge is -2.34. The Hall–Kier alpha value is -3.49. The van der Waals surface area contributed by atoms with Gasteiger partial charge in [-0.3, -0.25) is 25.0 Å². The van der Waals surface area contributed by atoms with Gasteiger partial charge in [-0.25, -0.2) is 0 Å². The summed E-state index contributed by atoms with van der Waals surface area (Å²) in [5.74, 6) is 0.0859. The number of fused-ring (bicyclic) bond motifs is 1. The number of anilines is 1. The van der Waals surface area contributed by atoms with Gasteiger partial charge >= 0.3 is 0 Å². The fourth-order valence-electron chi connectivity index (χ4n) is 2.75. The first kappa shape index (κ1) is 17.3. The third-order valence-corrected chi connectivity index (χ3v) is 4.11. The van der Waals surface area contributed by atoms with Crippen LogP contribution in [0.25, 0.3) is 0 Å². The molecule has 1 heterocycles. The van der Waals surface area contributed by atoms with Crippen molar-refractivity contribution < 1.29 is 19.4 Å². The Labute approximate surface area is 148 Å². The number of hydrogen-bond donors (Lipinski definition) is 0. The smallest absolute Gasteiger partial charge is 0.271 e. The predicted octanol–water partition coefficient (Wildman–Crippen LogP) is 3.21. The molecule has 9 heteroatoms. The van der Waals surface area contributed by atoms with E-state index in [9.17, 15) is 25.0 Å². The number of amides is 1.